The number of carbonyl (C=O) groups is 1. The fraction of sp³-hybridized carbons (Fsp3) is 0.0556. The summed E-state index contributed by atoms with van der Waals surface area (Å²) in [5.74, 6) is -1.30. The number of nitrogens with zero attached hydrogens (tertiary/aromatic N) is 2. The Morgan fingerprint density at radius 1 is 1.24 bits per heavy atom. The van der Waals surface area contributed by atoms with Crippen LogP contribution in [0.3, 0.4) is 0 Å². The van der Waals surface area contributed by atoms with Crippen molar-refractivity contribution in [3.05, 3.63) is 59.4 Å². The molecule has 3 aromatic rings. The molecule has 0 saturated carbocycles. The van der Waals surface area contributed by atoms with Crippen molar-refractivity contribution in [3.63, 3.8) is 0 Å². The van der Waals surface area contributed by atoms with E-state index in [4.69, 9.17) is 4.84 Å². The van der Waals surface area contributed by atoms with Gasteiger partial charge in [-0.05, 0) is 12.1 Å². The lowest BCUT2D eigenvalue weighted by Gasteiger charge is -2.03. The van der Waals surface area contributed by atoms with Crippen molar-refractivity contribution in [3.8, 4) is 5.88 Å². The van der Waals surface area contributed by atoms with Gasteiger partial charge in [0, 0.05) is 17.9 Å². The largest absolute Gasteiger partial charge is 0.494 e. The Balaban J connectivity index is 1.96. The highest BCUT2D eigenvalue weighted by Crippen LogP contribution is 2.36. The molecular formula is C18H12FN3O3. The van der Waals surface area contributed by atoms with Gasteiger partial charge in [0.1, 0.15) is 17.2 Å². The molecule has 0 saturated heterocycles. The molecular weight excluding hydrogens is 325 g/mol. The number of nitrogens with one attached hydrogen (secondary N) is 1. The molecule has 0 atom stereocenters. The second-order valence-corrected chi connectivity index (χ2v) is 5.51. The number of aromatic amines is 1. The standard InChI is InChI=1S/C18H12FN3O3/c1-9(23)25-22-16-10-5-2-3-8-13(10)20-17(16)14-11-6-4-7-12(19)15(11)21-18(14)24/h2-8,21,24H,1H3/b22-16-. The van der Waals surface area contributed by atoms with Crippen molar-refractivity contribution in [1.29, 1.82) is 0 Å². The quantitative estimate of drug-likeness (QED) is 0.555. The molecule has 0 radical (unpaired) electrons. The molecule has 0 spiro atoms. The van der Waals surface area contributed by atoms with Crippen molar-refractivity contribution >= 4 is 34.0 Å². The Hall–Kier alpha value is -3.48. The van der Waals surface area contributed by atoms with Crippen LogP contribution in [0.4, 0.5) is 10.1 Å². The van der Waals surface area contributed by atoms with Gasteiger partial charge in [0.15, 0.2) is 5.88 Å². The summed E-state index contributed by atoms with van der Waals surface area (Å²) in [6, 6.07) is 11.7. The number of hydrogen-bond acceptors (Lipinski definition) is 5. The van der Waals surface area contributed by atoms with Crippen molar-refractivity contribution < 1.29 is 19.1 Å². The van der Waals surface area contributed by atoms with E-state index in [1.54, 1.807) is 30.3 Å². The first-order valence-corrected chi connectivity index (χ1v) is 7.50. The van der Waals surface area contributed by atoms with E-state index >= 15 is 0 Å². The highest BCUT2D eigenvalue weighted by molar-refractivity contribution is 6.58. The third-order valence-electron chi connectivity index (χ3n) is 3.88. The molecule has 4 rings (SSSR count). The summed E-state index contributed by atoms with van der Waals surface area (Å²) in [5.41, 5.74) is 2.35. The van der Waals surface area contributed by atoms with Crippen molar-refractivity contribution in [1.82, 2.24) is 4.98 Å². The molecule has 0 fully saturated rings. The van der Waals surface area contributed by atoms with Crippen LogP contribution in [0, 0.1) is 5.82 Å². The zero-order valence-corrected chi connectivity index (χ0v) is 13.1. The Bertz CT molecular complexity index is 1080. The second-order valence-electron chi connectivity index (χ2n) is 5.51. The molecule has 0 bridgehead atoms. The maximum Gasteiger partial charge on any atom is 0.332 e. The average Bonchev–Trinajstić information content (AvgIpc) is 3.10. The van der Waals surface area contributed by atoms with Crippen LogP contribution in [0.1, 0.15) is 18.1 Å². The van der Waals surface area contributed by atoms with E-state index in [2.05, 4.69) is 15.1 Å². The number of hydrogen-bond donors (Lipinski definition) is 2. The van der Waals surface area contributed by atoms with Gasteiger partial charge in [0.25, 0.3) is 0 Å². The summed E-state index contributed by atoms with van der Waals surface area (Å²) in [6.45, 7) is 1.24. The van der Waals surface area contributed by atoms with E-state index < -0.39 is 11.8 Å². The first-order valence-electron chi connectivity index (χ1n) is 7.50. The highest BCUT2D eigenvalue weighted by Gasteiger charge is 2.29. The van der Waals surface area contributed by atoms with Gasteiger partial charge < -0.3 is 14.9 Å². The normalized spacial score (nSPS) is 14.6. The lowest BCUT2D eigenvalue weighted by molar-refractivity contribution is -0.140. The number of fused-ring (bicyclic) bond motifs is 2. The molecule has 0 aliphatic carbocycles. The van der Waals surface area contributed by atoms with Gasteiger partial charge in [-0.15, -0.1) is 0 Å². The number of aromatic nitrogens is 1. The minimum atomic E-state index is -0.578. The summed E-state index contributed by atoms with van der Waals surface area (Å²) in [5, 5.41) is 14.7. The molecule has 2 aromatic carbocycles. The van der Waals surface area contributed by atoms with E-state index in [1.165, 1.54) is 13.0 Å². The summed E-state index contributed by atoms with van der Waals surface area (Å²) in [6.07, 6.45) is 0. The predicted molar refractivity (Wildman–Crippen MR) is 90.9 cm³/mol. The van der Waals surface area contributed by atoms with Crippen LogP contribution in [0.5, 0.6) is 5.88 Å². The zero-order valence-electron chi connectivity index (χ0n) is 13.1. The number of oxime groups is 1. The number of aromatic hydroxyl groups is 1. The van der Waals surface area contributed by atoms with Crippen molar-refractivity contribution in [2.45, 2.75) is 6.92 Å². The van der Waals surface area contributed by atoms with Crippen molar-refractivity contribution in [2.75, 3.05) is 0 Å². The first-order chi connectivity index (χ1) is 12.1. The lowest BCUT2D eigenvalue weighted by Crippen LogP contribution is -2.14. The molecule has 2 heterocycles. The summed E-state index contributed by atoms with van der Waals surface area (Å²) in [7, 11) is 0. The minimum absolute atomic E-state index is 0.167. The second kappa shape index (κ2) is 5.55. The third kappa shape index (κ3) is 2.37. The summed E-state index contributed by atoms with van der Waals surface area (Å²) in [4.78, 5) is 23.1. The Kier molecular flexibility index (Phi) is 3.35. The van der Waals surface area contributed by atoms with Crippen LogP contribution in [-0.4, -0.2) is 27.5 Å². The summed E-state index contributed by atoms with van der Waals surface area (Å²) < 4.78 is 14.0. The van der Waals surface area contributed by atoms with E-state index in [-0.39, 0.29) is 11.4 Å². The number of rotatable bonds is 2. The Labute approximate surface area is 141 Å². The Morgan fingerprint density at radius 2 is 2.04 bits per heavy atom. The van der Waals surface area contributed by atoms with Crippen LogP contribution in [0.25, 0.3) is 10.9 Å². The van der Waals surface area contributed by atoms with E-state index in [0.717, 1.165) is 0 Å². The zero-order chi connectivity index (χ0) is 17.6. The average molecular weight is 337 g/mol. The molecule has 1 aliphatic rings. The van der Waals surface area contributed by atoms with E-state index in [9.17, 15) is 14.3 Å². The van der Waals surface area contributed by atoms with Crippen LogP contribution in [-0.2, 0) is 9.63 Å². The van der Waals surface area contributed by atoms with Crippen LogP contribution in [0.15, 0.2) is 52.6 Å². The molecule has 0 unspecified atom stereocenters. The van der Waals surface area contributed by atoms with Gasteiger partial charge in [-0.3, -0.25) is 0 Å². The third-order valence-corrected chi connectivity index (χ3v) is 3.88. The number of halogens is 1. The van der Waals surface area contributed by atoms with Gasteiger partial charge in [0.05, 0.1) is 16.8 Å². The van der Waals surface area contributed by atoms with E-state index in [0.29, 0.717) is 33.6 Å². The van der Waals surface area contributed by atoms with Crippen LogP contribution >= 0.6 is 0 Å². The fourth-order valence-electron chi connectivity index (χ4n) is 2.86. The SMILES string of the molecule is CC(=O)O/N=C1\C(c2c(O)[nH]c3c(F)cccc23)=Nc2ccccc21. The number of para-hydroxylation sites is 2. The molecule has 2 N–H and O–H groups in total. The number of H-pyrrole nitrogens is 1. The molecule has 25 heavy (non-hydrogen) atoms. The number of aliphatic imine (C=N–C) groups is 1. The highest BCUT2D eigenvalue weighted by atomic mass is 19.1. The van der Waals surface area contributed by atoms with Gasteiger partial charge in [-0.2, -0.15) is 0 Å². The smallest absolute Gasteiger partial charge is 0.332 e. The maximum atomic E-state index is 14.0. The van der Waals surface area contributed by atoms with Gasteiger partial charge in [-0.25, -0.2) is 14.2 Å². The monoisotopic (exact) mass is 337 g/mol. The summed E-state index contributed by atoms with van der Waals surface area (Å²) >= 11 is 0. The van der Waals surface area contributed by atoms with Crippen LogP contribution < -0.4 is 0 Å². The molecule has 1 aromatic heterocycles. The van der Waals surface area contributed by atoms with Gasteiger partial charge in [-0.1, -0.05) is 35.5 Å². The van der Waals surface area contributed by atoms with E-state index in [1.807, 2.05) is 6.07 Å². The number of benzene rings is 2. The Morgan fingerprint density at radius 3 is 2.84 bits per heavy atom. The molecule has 6 nitrogen and oxygen atoms in total. The van der Waals surface area contributed by atoms with Crippen LogP contribution in [0.2, 0.25) is 0 Å². The van der Waals surface area contributed by atoms with Gasteiger partial charge >= 0.3 is 5.97 Å². The van der Waals surface area contributed by atoms with Gasteiger partial charge in [0.2, 0.25) is 0 Å². The predicted octanol–water partition coefficient (Wildman–Crippen LogP) is 3.41. The molecule has 124 valence electrons. The first kappa shape index (κ1) is 15.1. The molecule has 7 heteroatoms. The topological polar surface area (TPSA) is 87.0 Å². The molecule has 0 amide bonds. The minimum Gasteiger partial charge on any atom is -0.494 e. The lowest BCUT2D eigenvalue weighted by atomic mass is 10.0. The van der Waals surface area contributed by atoms with Crippen molar-refractivity contribution in [2.24, 2.45) is 10.1 Å². The maximum absolute atomic E-state index is 14.0. The fourth-order valence-corrected chi connectivity index (χ4v) is 2.86. The number of carbonyl (C=O) groups excluding carboxylic acids is 1. The molecule has 1 aliphatic heterocycles.